The normalized spacial score (nSPS) is 11.0. The Kier molecular flexibility index (Phi) is 5.66. The van der Waals surface area contributed by atoms with Crippen molar-refractivity contribution >= 4 is 34.1 Å². The molecule has 1 N–H and O–H groups in total. The third-order valence-electron chi connectivity index (χ3n) is 5.41. The minimum Gasteiger partial charge on any atom is -0.322 e. The number of aromatic amines is 1. The highest BCUT2D eigenvalue weighted by molar-refractivity contribution is 6.34. The molecule has 0 saturated carbocycles. The molecule has 3 aromatic carbocycles. The molecule has 4 aromatic rings. The Morgan fingerprint density at radius 3 is 2.42 bits per heavy atom. The van der Waals surface area contributed by atoms with Gasteiger partial charge in [-0.15, -0.1) is 0 Å². The van der Waals surface area contributed by atoms with E-state index < -0.39 is 0 Å². The Morgan fingerprint density at radius 1 is 0.935 bits per heavy atom. The van der Waals surface area contributed by atoms with E-state index >= 15 is 0 Å². The van der Waals surface area contributed by atoms with Crippen LogP contribution >= 0.6 is 11.6 Å². The van der Waals surface area contributed by atoms with Crippen molar-refractivity contribution in [3.05, 3.63) is 110 Å². The zero-order chi connectivity index (χ0) is 22.1. The Balaban J connectivity index is 1.85. The Hall–Kier alpha value is -3.37. The molecule has 0 bridgehead atoms. The quantitative estimate of drug-likeness (QED) is 0.434. The van der Waals surface area contributed by atoms with Crippen LogP contribution in [0.1, 0.15) is 32.6 Å². The Morgan fingerprint density at radius 2 is 1.65 bits per heavy atom. The maximum Gasteiger partial charge on any atom is 0.260 e. The lowest BCUT2D eigenvalue weighted by atomic mass is 10.1. The summed E-state index contributed by atoms with van der Waals surface area (Å²) in [4.78, 5) is 31.0. The number of rotatable bonds is 4. The number of carbonyl (C=O) groups excluding carboxylic acids is 1. The maximum absolute atomic E-state index is 13.6. The molecule has 0 unspecified atom stereocenters. The molecule has 1 heterocycles. The molecule has 0 aliphatic rings. The van der Waals surface area contributed by atoms with E-state index in [1.54, 1.807) is 29.2 Å². The Labute approximate surface area is 186 Å². The van der Waals surface area contributed by atoms with Crippen LogP contribution in [0.4, 0.5) is 5.69 Å². The predicted molar refractivity (Wildman–Crippen MR) is 127 cm³/mol. The molecule has 1 aromatic heterocycles. The first-order valence-electron chi connectivity index (χ1n) is 10.1. The van der Waals surface area contributed by atoms with E-state index in [1.807, 2.05) is 63.2 Å². The van der Waals surface area contributed by atoms with Crippen molar-refractivity contribution < 1.29 is 4.79 Å². The number of pyridine rings is 1. The van der Waals surface area contributed by atoms with Gasteiger partial charge in [-0.05, 0) is 73.7 Å². The summed E-state index contributed by atoms with van der Waals surface area (Å²) in [5.74, 6) is -0.247. The molecule has 1 amide bonds. The molecule has 156 valence electrons. The lowest BCUT2D eigenvalue weighted by Gasteiger charge is -2.25. The molecule has 0 radical (unpaired) electrons. The standard InChI is InChI=1S/C26H23ClN2O2/c1-16-9-11-23-19(12-16)14-20(25(30)28-23)15-29(24-13-17(2)8-10-18(24)3)26(31)21-6-4-5-7-22(21)27/h4-14H,15H2,1-3H3,(H,28,30). The van der Waals surface area contributed by atoms with Gasteiger partial charge in [0, 0.05) is 16.8 Å². The second-order valence-electron chi connectivity index (χ2n) is 7.88. The van der Waals surface area contributed by atoms with E-state index in [9.17, 15) is 9.59 Å². The molecular formula is C26H23ClN2O2. The number of anilines is 1. The maximum atomic E-state index is 13.6. The van der Waals surface area contributed by atoms with Crippen molar-refractivity contribution in [2.24, 2.45) is 0 Å². The molecule has 0 aliphatic heterocycles. The minimum atomic E-state index is -0.247. The average molecular weight is 431 g/mol. The molecule has 4 rings (SSSR count). The first-order valence-corrected chi connectivity index (χ1v) is 10.5. The molecule has 0 atom stereocenters. The first-order chi connectivity index (χ1) is 14.8. The number of hydrogen-bond donors (Lipinski definition) is 1. The Bertz CT molecular complexity index is 1360. The van der Waals surface area contributed by atoms with Crippen LogP contribution in [0.25, 0.3) is 10.9 Å². The van der Waals surface area contributed by atoms with Crippen molar-refractivity contribution in [1.29, 1.82) is 0 Å². The summed E-state index contributed by atoms with van der Waals surface area (Å²) in [5.41, 5.74) is 5.31. The van der Waals surface area contributed by atoms with Gasteiger partial charge in [-0.2, -0.15) is 0 Å². The number of carbonyl (C=O) groups is 1. The van der Waals surface area contributed by atoms with Crippen molar-refractivity contribution in [3.8, 4) is 0 Å². The van der Waals surface area contributed by atoms with Crippen LogP contribution in [0.3, 0.4) is 0 Å². The second kappa shape index (κ2) is 8.40. The van der Waals surface area contributed by atoms with Gasteiger partial charge in [-0.3, -0.25) is 9.59 Å². The highest BCUT2D eigenvalue weighted by Crippen LogP contribution is 2.27. The predicted octanol–water partition coefficient (Wildman–Crippen LogP) is 5.95. The van der Waals surface area contributed by atoms with Gasteiger partial charge in [0.25, 0.3) is 11.5 Å². The van der Waals surface area contributed by atoms with Gasteiger partial charge in [0.15, 0.2) is 0 Å². The van der Waals surface area contributed by atoms with E-state index in [0.29, 0.717) is 16.1 Å². The summed E-state index contributed by atoms with van der Waals surface area (Å²) >= 11 is 6.34. The highest BCUT2D eigenvalue weighted by atomic mass is 35.5. The minimum absolute atomic E-state index is 0.133. The number of fused-ring (bicyclic) bond motifs is 1. The van der Waals surface area contributed by atoms with E-state index in [2.05, 4.69) is 4.98 Å². The number of aryl methyl sites for hydroxylation is 3. The molecule has 5 heteroatoms. The zero-order valence-electron chi connectivity index (χ0n) is 17.7. The molecule has 0 fully saturated rings. The van der Waals surface area contributed by atoms with Crippen molar-refractivity contribution in [1.82, 2.24) is 4.98 Å². The summed E-state index contributed by atoms with van der Waals surface area (Å²) in [6.45, 7) is 6.07. The van der Waals surface area contributed by atoms with Gasteiger partial charge in [0.1, 0.15) is 0 Å². The zero-order valence-corrected chi connectivity index (χ0v) is 18.5. The van der Waals surface area contributed by atoms with E-state index in [4.69, 9.17) is 11.6 Å². The molecule has 0 saturated heterocycles. The van der Waals surface area contributed by atoms with Gasteiger partial charge in [-0.25, -0.2) is 0 Å². The van der Waals surface area contributed by atoms with Crippen LogP contribution in [-0.2, 0) is 6.54 Å². The monoisotopic (exact) mass is 430 g/mol. The fraction of sp³-hybridized carbons (Fsp3) is 0.154. The number of H-pyrrole nitrogens is 1. The van der Waals surface area contributed by atoms with E-state index in [0.717, 1.165) is 33.3 Å². The van der Waals surface area contributed by atoms with Crippen molar-refractivity contribution in [3.63, 3.8) is 0 Å². The molecule has 0 aliphatic carbocycles. The number of nitrogens with one attached hydrogen (secondary N) is 1. The fourth-order valence-corrected chi connectivity index (χ4v) is 3.93. The third-order valence-corrected chi connectivity index (χ3v) is 5.74. The van der Waals surface area contributed by atoms with Gasteiger partial charge < -0.3 is 9.88 Å². The van der Waals surface area contributed by atoms with Crippen LogP contribution in [0.5, 0.6) is 0 Å². The first kappa shape index (κ1) is 20.9. The lowest BCUT2D eigenvalue weighted by Crippen LogP contribution is -2.33. The van der Waals surface area contributed by atoms with Crippen LogP contribution in [0, 0.1) is 20.8 Å². The van der Waals surface area contributed by atoms with Gasteiger partial charge in [0.2, 0.25) is 0 Å². The lowest BCUT2D eigenvalue weighted by molar-refractivity contribution is 0.0985. The molecular weight excluding hydrogens is 408 g/mol. The number of benzene rings is 3. The van der Waals surface area contributed by atoms with Crippen molar-refractivity contribution in [2.75, 3.05) is 4.90 Å². The summed E-state index contributed by atoms with van der Waals surface area (Å²) in [7, 11) is 0. The summed E-state index contributed by atoms with van der Waals surface area (Å²) < 4.78 is 0. The average Bonchev–Trinajstić information content (AvgIpc) is 2.74. The highest BCUT2D eigenvalue weighted by Gasteiger charge is 2.23. The van der Waals surface area contributed by atoms with E-state index in [-0.39, 0.29) is 18.0 Å². The number of hydrogen-bond acceptors (Lipinski definition) is 2. The third kappa shape index (κ3) is 4.25. The van der Waals surface area contributed by atoms with Gasteiger partial charge in [0.05, 0.1) is 17.1 Å². The number of halogens is 1. The number of amides is 1. The van der Waals surface area contributed by atoms with Crippen LogP contribution in [-0.4, -0.2) is 10.9 Å². The molecule has 4 nitrogen and oxygen atoms in total. The largest absolute Gasteiger partial charge is 0.322 e. The van der Waals surface area contributed by atoms with Crippen LogP contribution in [0.15, 0.2) is 71.5 Å². The van der Waals surface area contributed by atoms with E-state index in [1.165, 1.54) is 0 Å². The van der Waals surface area contributed by atoms with Crippen LogP contribution < -0.4 is 10.5 Å². The van der Waals surface area contributed by atoms with Crippen molar-refractivity contribution in [2.45, 2.75) is 27.3 Å². The summed E-state index contributed by atoms with van der Waals surface area (Å²) in [5, 5.41) is 1.31. The SMILES string of the molecule is Cc1ccc(C)c(N(Cc2cc3cc(C)ccc3[nH]c2=O)C(=O)c2ccccc2Cl)c1. The van der Waals surface area contributed by atoms with Crippen LogP contribution in [0.2, 0.25) is 5.02 Å². The molecule has 31 heavy (non-hydrogen) atoms. The summed E-state index contributed by atoms with van der Waals surface area (Å²) in [6.07, 6.45) is 0. The smallest absolute Gasteiger partial charge is 0.260 e. The topological polar surface area (TPSA) is 53.2 Å². The number of aromatic nitrogens is 1. The second-order valence-corrected chi connectivity index (χ2v) is 8.28. The molecule has 0 spiro atoms. The summed E-state index contributed by atoms with van der Waals surface area (Å²) in [6, 6.07) is 20.7. The fourth-order valence-electron chi connectivity index (χ4n) is 3.72. The van der Waals surface area contributed by atoms with Gasteiger partial charge >= 0.3 is 0 Å². The number of nitrogens with zero attached hydrogens (tertiary/aromatic N) is 1. The van der Waals surface area contributed by atoms with Gasteiger partial charge in [-0.1, -0.05) is 47.5 Å².